The Labute approximate surface area is 123 Å². The standard InChI is InChI=1S/C16H20N2OS/c1-2-5-13-15(10-17)20-16(18-13)12-8-9-19-14-7-4-3-6-11(12)14/h3-4,6-7,12H,2,5,8-10,17H2,1H3. The lowest BCUT2D eigenvalue weighted by atomic mass is 9.94. The Morgan fingerprint density at radius 2 is 2.25 bits per heavy atom. The predicted molar refractivity (Wildman–Crippen MR) is 82.4 cm³/mol. The first-order chi connectivity index (χ1) is 9.83. The Bertz CT molecular complexity index is 594. The fraction of sp³-hybridized carbons (Fsp3) is 0.438. The molecule has 1 atom stereocenters. The Balaban J connectivity index is 1.98. The molecule has 1 aromatic carbocycles. The molecule has 3 rings (SSSR count). The average Bonchev–Trinajstić information content (AvgIpc) is 2.90. The van der Waals surface area contributed by atoms with Gasteiger partial charge in [0.1, 0.15) is 10.8 Å². The van der Waals surface area contributed by atoms with E-state index in [9.17, 15) is 0 Å². The molecule has 0 saturated carbocycles. The van der Waals surface area contributed by atoms with Gasteiger partial charge in [-0.05, 0) is 18.9 Å². The van der Waals surface area contributed by atoms with E-state index in [1.165, 1.54) is 21.1 Å². The highest BCUT2D eigenvalue weighted by Crippen LogP contribution is 2.40. The van der Waals surface area contributed by atoms with Gasteiger partial charge in [-0.25, -0.2) is 4.98 Å². The van der Waals surface area contributed by atoms with Crippen molar-refractivity contribution in [2.75, 3.05) is 6.61 Å². The average molecular weight is 288 g/mol. The van der Waals surface area contributed by atoms with E-state index < -0.39 is 0 Å². The summed E-state index contributed by atoms with van der Waals surface area (Å²) >= 11 is 1.78. The number of rotatable bonds is 4. The summed E-state index contributed by atoms with van der Waals surface area (Å²) in [5.74, 6) is 1.37. The number of para-hydroxylation sites is 1. The summed E-state index contributed by atoms with van der Waals surface area (Å²) in [4.78, 5) is 6.12. The second-order valence-corrected chi connectivity index (χ2v) is 6.22. The van der Waals surface area contributed by atoms with Crippen LogP contribution >= 0.6 is 11.3 Å². The number of fused-ring (bicyclic) bond motifs is 1. The van der Waals surface area contributed by atoms with E-state index in [1.807, 2.05) is 12.1 Å². The van der Waals surface area contributed by atoms with Gasteiger partial charge in [0.15, 0.2) is 0 Å². The molecule has 0 amide bonds. The number of aryl methyl sites for hydroxylation is 1. The second kappa shape index (κ2) is 5.94. The van der Waals surface area contributed by atoms with Gasteiger partial charge in [0.2, 0.25) is 0 Å². The van der Waals surface area contributed by atoms with Crippen molar-refractivity contribution in [3.05, 3.63) is 45.4 Å². The first-order valence-electron chi connectivity index (χ1n) is 7.23. The second-order valence-electron chi connectivity index (χ2n) is 5.10. The smallest absolute Gasteiger partial charge is 0.123 e. The van der Waals surface area contributed by atoms with Crippen LogP contribution in [0.25, 0.3) is 0 Å². The van der Waals surface area contributed by atoms with E-state index in [4.69, 9.17) is 15.5 Å². The summed E-state index contributed by atoms with van der Waals surface area (Å²) in [6, 6.07) is 8.30. The number of benzene rings is 1. The molecule has 0 aliphatic carbocycles. The lowest BCUT2D eigenvalue weighted by molar-refractivity contribution is 0.277. The van der Waals surface area contributed by atoms with Crippen LogP contribution in [0, 0.1) is 0 Å². The third kappa shape index (κ3) is 2.45. The van der Waals surface area contributed by atoms with Crippen LogP contribution in [0.2, 0.25) is 0 Å². The number of hydrogen-bond donors (Lipinski definition) is 1. The number of nitrogens with zero attached hydrogens (tertiary/aromatic N) is 1. The van der Waals surface area contributed by atoms with Gasteiger partial charge in [0.05, 0.1) is 12.3 Å². The van der Waals surface area contributed by atoms with Crippen molar-refractivity contribution in [1.82, 2.24) is 4.98 Å². The maximum absolute atomic E-state index is 5.86. The van der Waals surface area contributed by atoms with Gasteiger partial charge in [0.25, 0.3) is 0 Å². The number of aromatic nitrogens is 1. The van der Waals surface area contributed by atoms with Crippen molar-refractivity contribution in [2.24, 2.45) is 5.73 Å². The van der Waals surface area contributed by atoms with Gasteiger partial charge < -0.3 is 10.5 Å². The zero-order valence-corrected chi connectivity index (χ0v) is 12.6. The minimum atomic E-state index is 0.362. The van der Waals surface area contributed by atoms with E-state index in [1.54, 1.807) is 11.3 Å². The molecule has 1 aliphatic heterocycles. The van der Waals surface area contributed by atoms with Crippen LogP contribution in [0.1, 0.15) is 46.8 Å². The Morgan fingerprint density at radius 1 is 1.40 bits per heavy atom. The summed E-state index contributed by atoms with van der Waals surface area (Å²) in [6.07, 6.45) is 3.13. The van der Waals surface area contributed by atoms with Crippen LogP contribution in [0.15, 0.2) is 24.3 Å². The highest BCUT2D eigenvalue weighted by molar-refractivity contribution is 7.11. The minimum Gasteiger partial charge on any atom is -0.493 e. The molecule has 1 unspecified atom stereocenters. The number of thiazole rings is 1. The molecule has 1 aliphatic rings. The summed E-state index contributed by atoms with van der Waals surface area (Å²) in [6.45, 7) is 3.54. The first-order valence-corrected chi connectivity index (χ1v) is 8.05. The zero-order valence-electron chi connectivity index (χ0n) is 11.8. The van der Waals surface area contributed by atoms with E-state index in [0.29, 0.717) is 12.5 Å². The fourth-order valence-electron chi connectivity index (χ4n) is 2.74. The highest BCUT2D eigenvalue weighted by atomic mass is 32.1. The molecule has 3 nitrogen and oxygen atoms in total. The highest BCUT2D eigenvalue weighted by Gasteiger charge is 2.26. The number of nitrogens with two attached hydrogens (primary N) is 1. The SMILES string of the molecule is CCCc1nc(C2CCOc3ccccc32)sc1CN. The van der Waals surface area contributed by atoms with Crippen LogP contribution in [0.3, 0.4) is 0 Å². The monoisotopic (exact) mass is 288 g/mol. The third-order valence-corrected chi connectivity index (χ3v) is 4.96. The van der Waals surface area contributed by atoms with E-state index >= 15 is 0 Å². The Morgan fingerprint density at radius 3 is 3.05 bits per heavy atom. The maximum atomic E-state index is 5.86. The number of ether oxygens (including phenoxy) is 1. The third-order valence-electron chi connectivity index (χ3n) is 3.72. The van der Waals surface area contributed by atoms with Crippen molar-refractivity contribution >= 4 is 11.3 Å². The normalized spacial score (nSPS) is 17.6. The molecule has 0 radical (unpaired) electrons. The molecule has 2 heterocycles. The van der Waals surface area contributed by atoms with Gasteiger partial charge >= 0.3 is 0 Å². The number of hydrogen-bond acceptors (Lipinski definition) is 4. The molecule has 2 aromatic rings. The van der Waals surface area contributed by atoms with E-state index in [-0.39, 0.29) is 0 Å². The molecule has 0 saturated heterocycles. The zero-order chi connectivity index (χ0) is 13.9. The van der Waals surface area contributed by atoms with Gasteiger partial charge in [-0.2, -0.15) is 0 Å². The van der Waals surface area contributed by atoms with Gasteiger partial charge in [0, 0.05) is 22.9 Å². The molecule has 20 heavy (non-hydrogen) atoms. The Kier molecular flexibility index (Phi) is 4.03. The quantitative estimate of drug-likeness (QED) is 0.937. The molecule has 0 spiro atoms. The minimum absolute atomic E-state index is 0.362. The molecule has 4 heteroatoms. The predicted octanol–water partition coefficient (Wildman–Crippen LogP) is 3.47. The van der Waals surface area contributed by atoms with Crippen LogP contribution in [0.5, 0.6) is 5.75 Å². The van der Waals surface area contributed by atoms with Crippen molar-refractivity contribution in [1.29, 1.82) is 0 Å². The molecular weight excluding hydrogens is 268 g/mol. The fourth-order valence-corrected chi connectivity index (χ4v) is 3.89. The maximum Gasteiger partial charge on any atom is 0.123 e. The summed E-state index contributed by atoms with van der Waals surface area (Å²) < 4.78 is 5.74. The van der Waals surface area contributed by atoms with Gasteiger partial charge in [-0.15, -0.1) is 11.3 Å². The summed E-state index contributed by atoms with van der Waals surface area (Å²) in [5.41, 5.74) is 8.32. The molecule has 0 fully saturated rings. The molecule has 0 bridgehead atoms. The molecular formula is C16H20N2OS. The van der Waals surface area contributed by atoms with Crippen LogP contribution < -0.4 is 10.5 Å². The van der Waals surface area contributed by atoms with Crippen LogP contribution in [-0.4, -0.2) is 11.6 Å². The largest absolute Gasteiger partial charge is 0.493 e. The molecule has 1 aromatic heterocycles. The van der Waals surface area contributed by atoms with Crippen molar-refractivity contribution in [3.63, 3.8) is 0 Å². The molecule has 106 valence electrons. The lowest BCUT2D eigenvalue weighted by Crippen LogP contribution is -2.14. The topological polar surface area (TPSA) is 48.1 Å². The van der Waals surface area contributed by atoms with Crippen LogP contribution in [-0.2, 0) is 13.0 Å². The van der Waals surface area contributed by atoms with E-state index in [2.05, 4.69) is 19.1 Å². The Hall–Kier alpha value is -1.39. The van der Waals surface area contributed by atoms with Gasteiger partial charge in [-0.1, -0.05) is 31.5 Å². The van der Waals surface area contributed by atoms with E-state index in [0.717, 1.165) is 31.6 Å². The van der Waals surface area contributed by atoms with Crippen LogP contribution in [0.4, 0.5) is 0 Å². The van der Waals surface area contributed by atoms with Gasteiger partial charge in [-0.3, -0.25) is 0 Å². The molecule has 2 N–H and O–H groups in total. The van der Waals surface area contributed by atoms with Crippen molar-refractivity contribution in [3.8, 4) is 5.75 Å². The summed E-state index contributed by atoms with van der Waals surface area (Å²) in [5, 5.41) is 1.20. The first kappa shape index (κ1) is 13.6. The lowest BCUT2D eigenvalue weighted by Gasteiger charge is -2.24. The van der Waals surface area contributed by atoms with Crippen molar-refractivity contribution in [2.45, 2.75) is 38.6 Å². The summed E-state index contributed by atoms with van der Waals surface area (Å²) in [7, 11) is 0. The van der Waals surface area contributed by atoms with Crippen molar-refractivity contribution < 1.29 is 4.74 Å².